The van der Waals surface area contributed by atoms with E-state index in [1.54, 1.807) is 0 Å². The summed E-state index contributed by atoms with van der Waals surface area (Å²) in [7, 11) is 0. The van der Waals surface area contributed by atoms with Gasteiger partial charge in [0.25, 0.3) is 0 Å². The number of nitrogens with one attached hydrogen (secondary N) is 1. The molecule has 0 radical (unpaired) electrons. The second kappa shape index (κ2) is 14.0. The monoisotopic (exact) mass is 425 g/mol. The van der Waals surface area contributed by atoms with E-state index in [1.807, 2.05) is 29.2 Å². The van der Waals surface area contributed by atoms with Gasteiger partial charge in [0.05, 0.1) is 45.7 Å². The number of halogens is 1. The Bertz CT molecular complexity index is 672. The van der Waals surface area contributed by atoms with Crippen LogP contribution in [0.1, 0.15) is 24.4 Å². The summed E-state index contributed by atoms with van der Waals surface area (Å²) in [5, 5.41) is 6.96. The van der Waals surface area contributed by atoms with Crippen molar-refractivity contribution in [3.05, 3.63) is 45.3 Å². The quantitative estimate of drug-likeness (QED) is 0.225. The number of ether oxygens (including phenoxy) is 3. The zero-order chi connectivity index (χ0) is 20.7. The predicted octanol–water partition coefficient (Wildman–Crippen LogP) is 3.55. The second-order valence-electron chi connectivity index (χ2n) is 6.40. The summed E-state index contributed by atoms with van der Waals surface area (Å²) in [6.07, 6.45) is 1.88. The zero-order valence-corrected chi connectivity index (χ0v) is 17.2. The van der Waals surface area contributed by atoms with Crippen LogP contribution < -0.4 is 5.32 Å². The molecular weight excluding hydrogens is 398 g/mol. The SMILES string of the molecule is [N-]=[N+]=NCCOCCOCCOCCNC(=O)N1CCCC1c1ccccc1Cl. The zero-order valence-electron chi connectivity index (χ0n) is 16.5. The first kappa shape index (κ1) is 23.3. The molecule has 29 heavy (non-hydrogen) atoms. The van der Waals surface area contributed by atoms with Crippen LogP contribution in [-0.2, 0) is 14.2 Å². The Kier molecular flexibility index (Phi) is 11.3. The molecule has 10 heteroatoms. The highest BCUT2D eigenvalue weighted by Gasteiger charge is 2.30. The van der Waals surface area contributed by atoms with Gasteiger partial charge in [0.1, 0.15) is 0 Å². The number of nitrogens with zero attached hydrogens (tertiary/aromatic N) is 4. The van der Waals surface area contributed by atoms with E-state index in [1.165, 1.54) is 0 Å². The fourth-order valence-corrected chi connectivity index (χ4v) is 3.36. The molecule has 0 spiro atoms. The highest BCUT2D eigenvalue weighted by Crippen LogP contribution is 2.35. The van der Waals surface area contributed by atoms with Crippen LogP contribution in [-0.4, -0.2) is 70.2 Å². The van der Waals surface area contributed by atoms with Gasteiger partial charge in [0.15, 0.2) is 0 Å². The number of azide groups is 1. The molecular formula is C19H28ClN5O4. The van der Waals surface area contributed by atoms with Crippen LogP contribution in [0, 0.1) is 0 Å². The van der Waals surface area contributed by atoms with E-state index in [0.717, 1.165) is 24.9 Å². The van der Waals surface area contributed by atoms with Crippen LogP contribution in [0.4, 0.5) is 4.79 Å². The summed E-state index contributed by atoms with van der Waals surface area (Å²) in [4.78, 5) is 17.0. The molecule has 0 bridgehead atoms. The Morgan fingerprint density at radius 2 is 1.86 bits per heavy atom. The van der Waals surface area contributed by atoms with E-state index in [9.17, 15) is 4.79 Å². The fraction of sp³-hybridized carbons (Fsp3) is 0.632. The Hall–Kier alpha value is -2.03. The van der Waals surface area contributed by atoms with Crippen molar-refractivity contribution in [2.24, 2.45) is 5.11 Å². The largest absolute Gasteiger partial charge is 0.379 e. The van der Waals surface area contributed by atoms with Crippen molar-refractivity contribution >= 4 is 17.6 Å². The third-order valence-corrected chi connectivity index (χ3v) is 4.79. The molecule has 2 rings (SSSR count). The van der Waals surface area contributed by atoms with E-state index in [-0.39, 0.29) is 12.1 Å². The van der Waals surface area contributed by atoms with Crippen LogP contribution in [0.25, 0.3) is 10.4 Å². The highest BCUT2D eigenvalue weighted by atomic mass is 35.5. The van der Waals surface area contributed by atoms with Crippen molar-refractivity contribution in [2.75, 3.05) is 59.3 Å². The molecule has 1 aliphatic heterocycles. The Morgan fingerprint density at radius 3 is 2.59 bits per heavy atom. The first-order valence-corrected chi connectivity index (χ1v) is 10.1. The first-order chi connectivity index (χ1) is 14.2. The maximum atomic E-state index is 12.5. The van der Waals surface area contributed by atoms with E-state index in [4.69, 9.17) is 31.3 Å². The molecule has 1 aromatic carbocycles. The molecule has 1 N–H and O–H groups in total. The Morgan fingerprint density at radius 1 is 1.17 bits per heavy atom. The normalized spacial score (nSPS) is 15.9. The van der Waals surface area contributed by atoms with Gasteiger partial charge in [-0.15, -0.1) is 0 Å². The lowest BCUT2D eigenvalue weighted by molar-refractivity contribution is 0.0167. The fourth-order valence-electron chi connectivity index (χ4n) is 3.10. The average molecular weight is 426 g/mol. The minimum atomic E-state index is -0.0925. The number of urea groups is 1. The number of amides is 2. The number of likely N-dealkylation sites (tertiary alicyclic amines) is 1. The lowest BCUT2D eigenvalue weighted by atomic mass is 10.0. The van der Waals surface area contributed by atoms with Gasteiger partial charge < -0.3 is 24.4 Å². The molecule has 0 aliphatic carbocycles. The topological polar surface area (TPSA) is 109 Å². The minimum absolute atomic E-state index is 0.0203. The third kappa shape index (κ3) is 8.47. The minimum Gasteiger partial charge on any atom is -0.379 e. The molecule has 0 saturated carbocycles. The van der Waals surface area contributed by atoms with Crippen molar-refractivity contribution in [3.63, 3.8) is 0 Å². The van der Waals surface area contributed by atoms with Gasteiger partial charge >= 0.3 is 6.03 Å². The number of hydrogen-bond donors (Lipinski definition) is 1. The summed E-state index contributed by atoms with van der Waals surface area (Å²) in [6, 6.07) is 7.60. The maximum Gasteiger partial charge on any atom is 0.317 e. The van der Waals surface area contributed by atoms with Crippen LogP contribution >= 0.6 is 11.6 Å². The highest BCUT2D eigenvalue weighted by molar-refractivity contribution is 6.31. The lowest BCUT2D eigenvalue weighted by Crippen LogP contribution is -2.40. The smallest absolute Gasteiger partial charge is 0.317 e. The number of benzene rings is 1. The molecule has 1 heterocycles. The van der Waals surface area contributed by atoms with E-state index >= 15 is 0 Å². The van der Waals surface area contributed by atoms with Crippen LogP contribution in [0.3, 0.4) is 0 Å². The molecule has 1 aromatic rings. The van der Waals surface area contributed by atoms with Crippen molar-refractivity contribution in [2.45, 2.75) is 18.9 Å². The predicted molar refractivity (Wildman–Crippen MR) is 110 cm³/mol. The van der Waals surface area contributed by atoms with Crippen LogP contribution in [0.2, 0.25) is 5.02 Å². The summed E-state index contributed by atoms with van der Waals surface area (Å²) in [6.45, 7) is 4.08. The van der Waals surface area contributed by atoms with Gasteiger partial charge in [-0.05, 0) is 30.0 Å². The maximum absolute atomic E-state index is 12.5. The second-order valence-corrected chi connectivity index (χ2v) is 6.80. The van der Waals surface area contributed by atoms with Crippen LogP contribution in [0.5, 0.6) is 0 Å². The number of carbonyl (C=O) groups is 1. The van der Waals surface area contributed by atoms with Crippen LogP contribution in [0.15, 0.2) is 29.4 Å². The van der Waals surface area contributed by atoms with Gasteiger partial charge in [-0.2, -0.15) is 0 Å². The van der Waals surface area contributed by atoms with E-state index in [0.29, 0.717) is 57.8 Å². The Balaban J connectivity index is 1.51. The molecule has 2 amide bonds. The number of carbonyl (C=O) groups excluding carboxylic acids is 1. The summed E-state index contributed by atoms with van der Waals surface area (Å²) in [5.41, 5.74) is 9.11. The van der Waals surface area contributed by atoms with Crippen molar-refractivity contribution in [1.29, 1.82) is 0 Å². The first-order valence-electron chi connectivity index (χ1n) is 9.77. The molecule has 1 saturated heterocycles. The van der Waals surface area contributed by atoms with Gasteiger partial charge in [0, 0.05) is 29.6 Å². The molecule has 0 aromatic heterocycles. The molecule has 1 unspecified atom stereocenters. The van der Waals surface area contributed by atoms with Crippen molar-refractivity contribution < 1.29 is 19.0 Å². The number of rotatable bonds is 13. The molecule has 1 fully saturated rings. The molecule has 160 valence electrons. The van der Waals surface area contributed by atoms with Crippen molar-refractivity contribution in [1.82, 2.24) is 10.2 Å². The molecule has 1 aliphatic rings. The van der Waals surface area contributed by atoms with Gasteiger partial charge in [-0.1, -0.05) is 34.9 Å². The van der Waals surface area contributed by atoms with Gasteiger partial charge in [-0.3, -0.25) is 0 Å². The number of hydrogen-bond acceptors (Lipinski definition) is 5. The molecule has 1 atom stereocenters. The lowest BCUT2D eigenvalue weighted by Gasteiger charge is -2.26. The molecule has 9 nitrogen and oxygen atoms in total. The van der Waals surface area contributed by atoms with Crippen molar-refractivity contribution in [3.8, 4) is 0 Å². The Labute approximate surface area is 175 Å². The third-order valence-electron chi connectivity index (χ3n) is 4.44. The van der Waals surface area contributed by atoms with Gasteiger partial charge in [0.2, 0.25) is 0 Å². The van der Waals surface area contributed by atoms with E-state index in [2.05, 4.69) is 15.3 Å². The summed E-state index contributed by atoms with van der Waals surface area (Å²) in [5.74, 6) is 0. The standard InChI is InChI=1S/C19H28ClN5O4/c20-17-5-2-1-4-16(17)18-6-3-9-25(18)19(26)22-7-10-27-12-14-29-15-13-28-11-8-23-24-21/h1-2,4-5,18H,3,6-15H2,(H,22,26). The van der Waals surface area contributed by atoms with E-state index < -0.39 is 0 Å². The van der Waals surface area contributed by atoms with Gasteiger partial charge in [-0.25, -0.2) is 4.79 Å². The summed E-state index contributed by atoms with van der Waals surface area (Å²) < 4.78 is 16.0. The summed E-state index contributed by atoms with van der Waals surface area (Å²) >= 11 is 6.29. The average Bonchev–Trinajstić information content (AvgIpc) is 3.21.